The summed E-state index contributed by atoms with van der Waals surface area (Å²) in [6.07, 6.45) is 0.858. The van der Waals surface area contributed by atoms with Crippen LogP contribution in [0.2, 0.25) is 0 Å². The highest BCUT2D eigenvalue weighted by molar-refractivity contribution is 7.89. The molecule has 1 heterocycles. The van der Waals surface area contributed by atoms with Gasteiger partial charge in [0.25, 0.3) is 5.91 Å². The number of rotatable bonds is 6. The van der Waals surface area contributed by atoms with Crippen molar-refractivity contribution in [2.75, 3.05) is 26.0 Å². The van der Waals surface area contributed by atoms with E-state index in [1.54, 1.807) is 18.2 Å². The van der Waals surface area contributed by atoms with Gasteiger partial charge in [-0.3, -0.25) is 4.79 Å². The van der Waals surface area contributed by atoms with Crippen molar-refractivity contribution in [2.24, 2.45) is 0 Å². The molecule has 1 aliphatic rings. The highest BCUT2D eigenvalue weighted by Crippen LogP contribution is 2.38. The van der Waals surface area contributed by atoms with Gasteiger partial charge in [-0.25, -0.2) is 12.7 Å². The van der Waals surface area contributed by atoms with Crippen LogP contribution in [0.1, 0.15) is 29.8 Å². The number of sulfonamides is 1. The maximum absolute atomic E-state index is 12.8. The minimum Gasteiger partial charge on any atom is -0.492 e. The molecule has 0 saturated heterocycles. The zero-order valence-corrected chi connectivity index (χ0v) is 17.2. The molecule has 1 N–H and O–H groups in total. The fraction of sp³-hybridized carbons (Fsp3) is 0.350. The average molecular weight is 404 g/mol. The van der Waals surface area contributed by atoms with Crippen molar-refractivity contribution in [1.82, 2.24) is 4.31 Å². The van der Waals surface area contributed by atoms with Crippen LogP contribution in [0.5, 0.6) is 11.5 Å². The molecule has 7 nitrogen and oxygen atoms in total. The van der Waals surface area contributed by atoms with Crippen LogP contribution in [0.4, 0.5) is 5.69 Å². The number of hydrogen-bond acceptors (Lipinski definition) is 5. The molecule has 0 aromatic heterocycles. The molecule has 0 aliphatic carbocycles. The maximum Gasteiger partial charge on any atom is 0.255 e. The Kier molecular flexibility index (Phi) is 5.62. The summed E-state index contributed by atoms with van der Waals surface area (Å²) >= 11 is 0. The average Bonchev–Trinajstić information content (AvgIpc) is 3.01. The number of nitrogens with zero attached hydrogens (tertiary/aromatic N) is 1. The van der Waals surface area contributed by atoms with Crippen molar-refractivity contribution in [2.45, 2.75) is 31.3 Å². The van der Waals surface area contributed by atoms with Gasteiger partial charge in [-0.2, -0.15) is 0 Å². The van der Waals surface area contributed by atoms with Gasteiger partial charge >= 0.3 is 0 Å². The largest absolute Gasteiger partial charge is 0.492 e. The molecule has 2 aromatic carbocycles. The lowest BCUT2D eigenvalue weighted by molar-refractivity contribution is 0.102. The second kappa shape index (κ2) is 7.81. The summed E-state index contributed by atoms with van der Waals surface area (Å²) in [4.78, 5) is 12.8. The number of fused-ring (bicyclic) bond motifs is 1. The topological polar surface area (TPSA) is 84.9 Å². The van der Waals surface area contributed by atoms with Gasteiger partial charge in [0.1, 0.15) is 17.6 Å². The van der Waals surface area contributed by atoms with Crippen LogP contribution < -0.4 is 14.8 Å². The van der Waals surface area contributed by atoms with E-state index in [0.717, 1.165) is 22.0 Å². The first-order valence-corrected chi connectivity index (χ1v) is 10.5. The van der Waals surface area contributed by atoms with Gasteiger partial charge in [-0.15, -0.1) is 0 Å². The quantitative estimate of drug-likeness (QED) is 0.800. The van der Waals surface area contributed by atoms with Crippen LogP contribution in [0, 0.1) is 0 Å². The van der Waals surface area contributed by atoms with Crippen LogP contribution in [0.3, 0.4) is 0 Å². The maximum atomic E-state index is 12.8. The van der Waals surface area contributed by atoms with Crippen molar-refractivity contribution < 1.29 is 22.7 Å². The van der Waals surface area contributed by atoms with Gasteiger partial charge < -0.3 is 14.8 Å². The summed E-state index contributed by atoms with van der Waals surface area (Å²) < 4.78 is 37.2. The van der Waals surface area contributed by atoms with Gasteiger partial charge in [-0.1, -0.05) is 6.07 Å². The van der Waals surface area contributed by atoms with E-state index < -0.39 is 15.9 Å². The second-order valence-electron chi connectivity index (χ2n) is 6.79. The second-order valence-corrected chi connectivity index (χ2v) is 8.94. The predicted octanol–water partition coefficient (Wildman–Crippen LogP) is 2.91. The Morgan fingerprint density at radius 2 is 2.04 bits per heavy atom. The van der Waals surface area contributed by atoms with Gasteiger partial charge in [0.15, 0.2) is 0 Å². The fourth-order valence-corrected chi connectivity index (χ4v) is 3.96. The van der Waals surface area contributed by atoms with Crippen LogP contribution in [-0.4, -0.2) is 45.4 Å². The van der Waals surface area contributed by atoms with E-state index in [-0.39, 0.29) is 16.6 Å². The minimum atomic E-state index is -3.63. The molecule has 0 fully saturated rings. The molecule has 0 bridgehead atoms. The van der Waals surface area contributed by atoms with Gasteiger partial charge in [0.05, 0.1) is 17.2 Å². The van der Waals surface area contributed by atoms with Crippen LogP contribution >= 0.6 is 0 Å². The normalized spacial score (nSPS) is 15.8. The molecule has 8 heteroatoms. The summed E-state index contributed by atoms with van der Waals surface area (Å²) in [6, 6.07) is 9.56. The molecule has 0 unspecified atom stereocenters. The van der Waals surface area contributed by atoms with E-state index in [2.05, 4.69) is 5.32 Å². The number of carbonyl (C=O) groups excluding carboxylic acids is 1. The van der Waals surface area contributed by atoms with Crippen molar-refractivity contribution in [1.29, 1.82) is 0 Å². The Hall–Kier alpha value is -2.58. The molecule has 3 rings (SSSR count). The Bertz CT molecular complexity index is 1000. The monoisotopic (exact) mass is 404 g/mol. The number of amides is 1. The number of anilines is 1. The van der Waals surface area contributed by atoms with E-state index in [1.807, 2.05) is 19.9 Å². The lowest BCUT2D eigenvalue weighted by Crippen LogP contribution is -2.22. The smallest absolute Gasteiger partial charge is 0.255 e. The third kappa shape index (κ3) is 3.98. The van der Waals surface area contributed by atoms with Crippen molar-refractivity contribution in [3.63, 3.8) is 0 Å². The lowest BCUT2D eigenvalue weighted by Gasteiger charge is -2.15. The summed E-state index contributed by atoms with van der Waals surface area (Å²) in [7, 11) is -0.735. The summed E-state index contributed by atoms with van der Waals surface area (Å²) in [5.74, 6) is 0.849. The first kappa shape index (κ1) is 20.2. The molecular formula is C20H24N2O5S. The van der Waals surface area contributed by atoms with Gasteiger partial charge in [-0.05, 0) is 38.1 Å². The standard InChI is InChI=1S/C20H24N2O5S/c1-5-26-19-11-15-9-13(2)27-18(15)12-17(19)21-20(23)14-7-6-8-16(10-14)28(24,25)22(3)4/h6-8,10-13H,5,9H2,1-4H3,(H,21,23)/t13-/m1/s1. The minimum absolute atomic E-state index is 0.0568. The molecule has 0 spiro atoms. The van der Waals surface area contributed by atoms with E-state index >= 15 is 0 Å². The Morgan fingerprint density at radius 3 is 2.71 bits per heavy atom. The van der Waals surface area contributed by atoms with Crippen LogP contribution in [0.25, 0.3) is 0 Å². The Balaban J connectivity index is 1.91. The first-order chi connectivity index (χ1) is 13.2. The van der Waals surface area contributed by atoms with E-state index in [0.29, 0.717) is 18.0 Å². The van der Waals surface area contributed by atoms with Crippen molar-refractivity contribution in [3.05, 3.63) is 47.5 Å². The summed E-state index contributed by atoms with van der Waals surface area (Å²) in [5.41, 5.74) is 1.76. The third-order valence-electron chi connectivity index (χ3n) is 4.42. The molecule has 0 saturated carbocycles. The number of benzene rings is 2. The van der Waals surface area contributed by atoms with E-state index in [9.17, 15) is 13.2 Å². The molecule has 2 aromatic rings. The number of hydrogen-bond donors (Lipinski definition) is 1. The molecule has 1 aliphatic heterocycles. The molecule has 0 radical (unpaired) electrons. The highest BCUT2D eigenvalue weighted by Gasteiger charge is 2.23. The highest BCUT2D eigenvalue weighted by atomic mass is 32.2. The number of nitrogens with one attached hydrogen (secondary N) is 1. The van der Waals surface area contributed by atoms with Gasteiger partial charge in [0, 0.05) is 37.7 Å². The SMILES string of the molecule is CCOc1cc2c(cc1NC(=O)c1cccc(S(=O)(=O)N(C)C)c1)O[C@H](C)C2. The molecule has 1 atom stereocenters. The van der Waals surface area contributed by atoms with Crippen LogP contribution in [-0.2, 0) is 16.4 Å². The van der Waals surface area contributed by atoms with Crippen LogP contribution in [0.15, 0.2) is 41.3 Å². The number of ether oxygens (including phenoxy) is 2. The summed E-state index contributed by atoms with van der Waals surface area (Å²) in [6.45, 7) is 4.30. The Labute approximate surface area is 165 Å². The molecule has 150 valence electrons. The third-order valence-corrected chi connectivity index (χ3v) is 6.23. The fourth-order valence-electron chi connectivity index (χ4n) is 3.02. The molecular weight excluding hydrogens is 380 g/mol. The first-order valence-electron chi connectivity index (χ1n) is 9.02. The molecule has 1 amide bonds. The Morgan fingerprint density at radius 1 is 1.29 bits per heavy atom. The number of carbonyl (C=O) groups is 1. The van der Waals surface area contributed by atoms with Crippen molar-refractivity contribution in [3.8, 4) is 11.5 Å². The van der Waals surface area contributed by atoms with Crippen molar-refractivity contribution >= 4 is 21.6 Å². The van der Waals surface area contributed by atoms with E-state index in [4.69, 9.17) is 9.47 Å². The summed E-state index contributed by atoms with van der Waals surface area (Å²) in [5, 5.41) is 2.81. The lowest BCUT2D eigenvalue weighted by atomic mass is 10.1. The van der Waals surface area contributed by atoms with Gasteiger partial charge in [0.2, 0.25) is 10.0 Å². The zero-order chi connectivity index (χ0) is 20.5. The predicted molar refractivity (Wildman–Crippen MR) is 107 cm³/mol. The zero-order valence-electron chi connectivity index (χ0n) is 16.4. The molecule has 28 heavy (non-hydrogen) atoms. The van der Waals surface area contributed by atoms with E-state index in [1.165, 1.54) is 26.2 Å².